The van der Waals surface area contributed by atoms with E-state index < -0.39 is 0 Å². The van der Waals surface area contributed by atoms with E-state index in [1.165, 1.54) is 16.2 Å². The maximum absolute atomic E-state index is 12.6. The molecule has 0 radical (unpaired) electrons. The van der Waals surface area contributed by atoms with E-state index in [9.17, 15) is 9.59 Å². The molecule has 0 spiro atoms. The van der Waals surface area contributed by atoms with E-state index in [1.807, 2.05) is 50.2 Å². The Labute approximate surface area is 177 Å². The van der Waals surface area contributed by atoms with Gasteiger partial charge in [-0.05, 0) is 50.8 Å². The van der Waals surface area contributed by atoms with Crippen LogP contribution < -0.4 is 16.2 Å². The predicted molar refractivity (Wildman–Crippen MR) is 121 cm³/mol. The number of hydrogen-bond acceptors (Lipinski definition) is 4. The molecule has 2 N–H and O–H groups in total. The summed E-state index contributed by atoms with van der Waals surface area (Å²) in [7, 11) is 0. The summed E-state index contributed by atoms with van der Waals surface area (Å²) in [5.74, 6) is 0.158. The minimum Gasteiger partial charge on any atom is -0.356 e. The number of nitrogens with zero attached hydrogens (tertiary/aromatic N) is 2. The molecule has 3 rings (SSSR count). The van der Waals surface area contributed by atoms with Crippen LogP contribution in [0.3, 0.4) is 0 Å². The van der Waals surface area contributed by atoms with Crippen molar-refractivity contribution in [1.82, 2.24) is 9.55 Å². The minimum atomic E-state index is -0.262. The third-order valence-electron chi connectivity index (χ3n) is 4.86. The molecule has 0 saturated heterocycles. The van der Waals surface area contributed by atoms with Gasteiger partial charge in [0, 0.05) is 24.0 Å². The lowest BCUT2D eigenvalue weighted by Gasteiger charge is -2.15. The van der Waals surface area contributed by atoms with Gasteiger partial charge in [-0.1, -0.05) is 48.0 Å². The van der Waals surface area contributed by atoms with Crippen LogP contribution in [0.5, 0.6) is 0 Å². The van der Waals surface area contributed by atoms with Crippen molar-refractivity contribution in [1.29, 1.82) is 0 Å². The molecule has 0 aliphatic rings. The Bertz CT molecular complexity index is 1070. The fourth-order valence-electron chi connectivity index (χ4n) is 3.33. The van der Waals surface area contributed by atoms with Gasteiger partial charge in [-0.15, -0.1) is 0 Å². The molecule has 2 aromatic carbocycles. The molecule has 0 bridgehead atoms. The lowest BCUT2D eigenvalue weighted by molar-refractivity contribution is -0.116. The van der Waals surface area contributed by atoms with Crippen LogP contribution in [0.15, 0.2) is 59.4 Å². The van der Waals surface area contributed by atoms with Crippen LogP contribution in [0.25, 0.3) is 0 Å². The summed E-state index contributed by atoms with van der Waals surface area (Å²) in [4.78, 5) is 29.6. The maximum atomic E-state index is 12.6. The number of nitrogens with one attached hydrogen (secondary N) is 2. The second kappa shape index (κ2) is 9.87. The van der Waals surface area contributed by atoms with Crippen molar-refractivity contribution < 1.29 is 4.79 Å². The third-order valence-corrected chi connectivity index (χ3v) is 4.86. The summed E-state index contributed by atoms with van der Waals surface area (Å²) in [6, 6.07) is 17.5. The second-order valence-corrected chi connectivity index (χ2v) is 7.53. The number of rotatable bonds is 8. The molecule has 3 aromatic rings. The third kappa shape index (κ3) is 5.80. The monoisotopic (exact) mass is 404 g/mol. The number of benzene rings is 2. The molecule has 0 unspecified atom stereocenters. The van der Waals surface area contributed by atoms with Gasteiger partial charge in [-0.25, -0.2) is 4.98 Å². The fourth-order valence-corrected chi connectivity index (χ4v) is 3.33. The summed E-state index contributed by atoms with van der Waals surface area (Å²) in [6.07, 6.45) is 1.82. The molecular formula is C24H28N4O2. The first-order valence-corrected chi connectivity index (χ1v) is 10.2. The first-order chi connectivity index (χ1) is 14.4. The van der Waals surface area contributed by atoms with E-state index in [4.69, 9.17) is 0 Å². The van der Waals surface area contributed by atoms with Crippen molar-refractivity contribution in [2.45, 2.75) is 40.2 Å². The van der Waals surface area contributed by atoms with Gasteiger partial charge in [0.15, 0.2) is 0 Å². The Morgan fingerprint density at radius 2 is 1.80 bits per heavy atom. The Hall–Kier alpha value is -3.41. The second-order valence-electron chi connectivity index (χ2n) is 7.53. The molecular weight excluding hydrogens is 376 g/mol. The van der Waals surface area contributed by atoms with Crippen LogP contribution in [-0.2, 0) is 17.8 Å². The number of hydrogen-bond donors (Lipinski definition) is 2. The normalized spacial score (nSPS) is 10.6. The first-order valence-electron chi connectivity index (χ1n) is 10.2. The Morgan fingerprint density at radius 1 is 1.03 bits per heavy atom. The van der Waals surface area contributed by atoms with Crippen LogP contribution in [-0.4, -0.2) is 22.0 Å². The van der Waals surface area contributed by atoms with E-state index in [2.05, 4.69) is 27.8 Å². The smallest absolute Gasteiger partial charge is 0.255 e. The minimum absolute atomic E-state index is 0.0968. The number of anilines is 2. The van der Waals surface area contributed by atoms with Gasteiger partial charge in [0.25, 0.3) is 5.56 Å². The summed E-state index contributed by atoms with van der Waals surface area (Å²) in [5.41, 5.74) is 4.50. The van der Waals surface area contributed by atoms with Gasteiger partial charge >= 0.3 is 0 Å². The van der Waals surface area contributed by atoms with Gasteiger partial charge in [-0.2, -0.15) is 0 Å². The number of aryl methyl sites for hydroxylation is 4. The van der Waals surface area contributed by atoms with E-state index in [-0.39, 0.29) is 18.0 Å². The molecule has 1 heterocycles. The predicted octanol–water partition coefficient (Wildman–Crippen LogP) is 3.85. The molecule has 0 saturated carbocycles. The van der Waals surface area contributed by atoms with Crippen molar-refractivity contribution >= 4 is 17.5 Å². The van der Waals surface area contributed by atoms with E-state index in [0.29, 0.717) is 18.2 Å². The van der Waals surface area contributed by atoms with Crippen molar-refractivity contribution in [3.8, 4) is 0 Å². The Kier molecular flexibility index (Phi) is 7.01. The molecule has 6 nitrogen and oxygen atoms in total. The maximum Gasteiger partial charge on any atom is 0.255 e. The summed E-state index contributed by atoms with van der Waals surface area (Å²) in [5, 5.41) is 6.11. The average molecular weight is 405 g/mol. The topological polar surface area (TPSA) is 76.0 Å². The number of carbonyl (C=O) groups is 1. The van der Waals surface area contributed by atoms with Crippen LogP contribution in [0.2, 0.25) is 0 Å². The number of amides is 1. The van der Waals surface area contributed by atoms with Gasteiger partial charge in [0.05, 0.1) is 0 Å². The number of aromatic nitrogens is 2. The molecule has 0 atom stereocenters. The summed E-state index contributed by atoms with van der Waals surface area (Å²) in [6.45, 7) is 6.29. The van der Waals surface area contributed by atoms with Crippen molar-refractivity contribution in [2.75, 3.05) is 17.2 Å². The molecule has 0 fully saturated rings. The van der Waals surface area contributed by atoms with Gasteiger partial charge in [0.2, 0.25) is 11.9 Å². The van der Waals surface area contributed by atoms with Gasteiger partial charge in [0.1, 0.15) is 6.54 Å². The zero-order valence-corrected chi connectivity index (χ0v) is 17.7. The van der Waals surface area contributed by atoms with Crippen LogP contribution >= 0.6 is 0 Å². The summed E-state index contributed by atoms with van der Waals surface area (Å²) < 4.78 is 1.38. The highest BCUT2D eigenvalue weighted by Gasteiger charge is 2.12. The lowest BCUT2D eigenvalue weighted by Crippen LogP contribution is -2.31. The highest BCUT2D eigenvalue weighted by molar-refractivity contribution is 5.91. The number of carbonyl (C=O) groups excluding carboxylic acids is 1. The molecule has 156 valence electrons. The van der Waals surface area contributed by atoms with Crippen molar-refractivity contribution in [2.24, 2.45) is 0 Å². The fraction of sp³-hybridized carbons (Fsp3) is 0.292. The van der Waals surface area contributed by atoms with E-state index in [1.54, 1.807) is 6.92 Å². The Balaban J connectivity index is 1.66. The quantitative estimate of drug-likeness (QED) is 0.559. The van der Waals surface area contributed by atoms with Crippen LogP contribution in [0, 0.1) is 20.8 Å². The standard InChI is InChI=1S/C24H28N4O2/c1-17-11-12-21(18(2)14-17)27-22(29)16-28-23(30)15-19(3)26-24(28)25-13-7-10-20-8-5-4-6-9-20/h4-6,8-9,11-12,14-15H,7,10,13,16H2,1-3H3,(H,25,26)(H,27,29). The molecule has 0 aliphatic heterocycles. The molecule has 0 aliphatic carbocycles. The van der Waals surface area contributed by atoms with E-state index >= 15 is 0 Å². The van der Waals surface area contributed by atoms with Crippen molar-refractivity contribution in [3.63, 3.8) is 0 Å². The van der Waals surface area contributed by atoms with E-state index in [0.717, 1.165) is 29.7 Å². The highest BCUT2D eigenvalue weighted by atomic mass is 16.2. The van der Waals surface area contributed by atoms with Crippen molar-refractivity contribution in [3.05, 3.63) is 87.3 Å². The van der Waals surface area contributed by atoms with Crippen LogP contribution in [0.4, 0.5) is 11.6 Å². The van der Waals surface area contributed by atoms with Gasteiger partial charge < -0.3 is 10.6 Å². The van der Waals surface area contributed by atoms with Gasteiger partial charge in [-0.3, -0.25) is 14.2 Å². The average Bonchev–Trinajstić information content (AvgIpc) is 2.70. The molecule has 1 amide bonds. The largest absolute Gasteiger partial charge is 0.356 e. The Morgan fingerprint density at radius 3 is 2.53 bits per heavy atom. The SMILES string of the molecule is Cc1ccc(NC(=O)Cn2c(NCCCc3ccccc3)nc(C)cc2=O)c(C)c1. The van der Waals surface area contributed by atoms with Crippen LogP contribution in [0.1, 0.15) is 28.8 Å². The zero-order valence-electron chi connectivity index (χ0n) is 17.7. The molecule has 6 heteroatoms. The molecule has 1 aromatic heterocycles. The lowest BCUT2D eigenvalue weighted by atomic mass is 10.1. The molecule has 30 heavy (non-hydrogen) atoms. The summed E-state index contributed by atoms with van der Waals surface area (Å²) >= 11 is 0. The zero-order chi connectivity index (χ0) is 21.5. The first kappa shape index (κ1) is 21.3. The highest BCUT2D eigenvalue weighted by Crippen LogP contribution is 2.16.